The third-order valence-corrected chi connectivity index (χ3v) is 4.85. The molecule has 0 aliphatic carbocycles. The van der Waals surface area contributed by atoms with Gasteiger partial charge in [-0.15, -0.1) is 11.3 Å². The molecule has 0 atom stereocenters. The van der Waals surface area contributed by atoms with Gasteiger partial charge in [0.2, 0.25) is 0 Å². The maximum Gasteiger partial charge on any atom is 0.163 e. The lowest BCUT2D eigenvalue weighted by atomic mass is 10.3. The summed E-state index contributed by atoms with van der Waals surface area (Å²) in [5, 5.41) is 4.34. The first-order valence-electron chi connectivity index (χ1n) is 7.99. The summed E-state index contributed by atoms with van der Waals surface area (Å²) in [6.45, 7) is 2.65. The molecule has 0 aliphatic heterocycles. The third kappa shape index (κ3) is 3.39. The third-order valence-electron chi connectivity index (χ3n) is 3.79. The van der Waals surface area contributed by atoms with E-state index >= 15 is 0 Å². The molecule has 24 heavy (non-hydrogen) atoms. The zero-order valence-electron chi connectivity index (χ0n) is 13.2. The van der Waals surface area contributed by atoms with E-state index in [9.17, 15) is 0 Å². The molecule has 3 aromatic heterocycles. The molecule has 0 spiro atoms. The Bertz CT molecular complexity index is 877. The number of nitrogens with one attached hydrogen (secondary N) is 1. The number of fused-ring (bicyclic) bond motifs is 1. The first-order chi connectivity index (χ1) is 11.9. The maximum atomic E-state index is 5.92. The summed E-state index contributed by atoms with van der Waals surface area (Å²) in [6.07, 6.45) is 6.69. The fourth-order valence-corrected chi connectivity index (χ4v) is 3.51. The number of aryl methyl sites for hydroxylation is 1. The molecule has 122 valence electrons. The fraction of sp³-hybridized carbons (Fsp3) is 0.222. The predicted molar refractivity (Wildman–Crippen MR) is 95.9 cm³/mol. The van der Waals surface area contributed by atoms with E-state index in [1.165, 1.54) is 4.70 Å². The summed E-state index contributed by atoms with van der Waals surface area (Å²) >= 11 is 1.66. The minimum atomic E-state index is 0.731. The fourth-order valence-electron chi connectivity index (χ4n) is 2.58. The smallest absolute Gasteiger partial charge is 0.163 e. The Labute approximate surface area is 144 Å². The van der Waals surface area contributed by atoms with Gasteiger partial charge in [0.25, 0.3) is 0 Å². The van der Waals surface area contributed by atoms with E-state index in [-0.39, 0.29) is 0 Å². The molecule has 0 saturated carbocycles. The van der Waals surface area contributed by atoms with Crippen molar-refractivity contribution in [3.63, 3.8) is 0 Å². The van der Waals surface area contributed by atoms with Gasteiger partial charge in [0, 0.05) is 18.9 Å². The highest BCUT2D eigenvalue weighted by Crippen LogP contribution is 2.30. The van der Waals surface area contributed by atoms with Gasteiger partial charge in [0.15, 0.2) is 10.8 Å². The predicted octanol–water partition coefficient (Wildman–Crippen LogP) is 3.93. The minimum Gasteiger partial charge on any atom is -0.457 e. The van der Waals surface area contributed by atoms with Crippen LogP contribution < -0.4 is 5.32 Å². The number of furan rings is 1. The molecule has 0 saturated heterocycles. The molecule has 0 amide bonds. The normalized spacial score (nSPS) is 11.3. The van der Waals surface area contributed by atoms with Gasteiger partial charge in [-0.3, -0.25) is 0 Å². The number of nitrogens with zero attached hydrogens (tertiary/aromatic N) is 3. The average Bonchev–Trinajstić information content (AvgIpc) is 3.34. The second-order valence-corrected chi connectivity index (χ2v) is 6.61. The van der Waals surface area contributed by atoms with Crippen molar-refractivity contribution in [3.8, 4) is 10.8 Å². The quantitative estimate of drug-likeness (QED) is 0.519. The molecular formula is C18H18N4OS. The summed E-state index contributed by atoms with van der Waals surface area (Å²) in [7, 11) is 0. The van der Waals surface area contributed by atoms with Crippen LogP contribution in [0.2, 0.25) is 0 Å². The number of para-hydroxylation sites is 1. The first-order valence-corrected chi connectivity index (χ1v) is 8.81. The van der Waals surface area contributed by atoms with Crippen molar-refractivity contribution in [1.29, 1.82) is 0 Å². The van der Waals surface area contributed by atoms with E-state index in [0.29, 0.717) is 0 Å². The van der Waals surface area contributed by atoms with Crippen molar-refractivity contribution in [2.24, 2.45) is 0 Å². The van der Waals surface area contributed by atoms with Crippen molar-refractivity contribution in [1.82, 2.24) is 19.9 Å². The minimum absolute atomic E-state index is 0.731. The number of hydrogen-bond donors (Lipinski definition) is 1. The van der Waals surface area contributed by atoms with E-state index in [1.807, 2.05) is 42.9 Å². The number of aromatic nitrogens is 3. The van der Waals surface area contributed by atoms with Crippen LogP contribution >= 0.6 is 11.3 Å². The molecule has 5 nitrogen and oxygen atoms in total. The highest BCUT2D eigenvalue weighted by Gasteiger charge is 2.10. The number of thiazole rings is 1. The largest absolute Gasteiger partial charge is 0.457 e. The van der Waals surface area contributed by atoms with Crippen LogP contribution in [0.25, 0.3) is 21.0 Å². The number of imidazole rings is 1. The monoisotopic (exact) mass is 338 g/mol. The highest BCUT2D eigenvalue weighted by molar-refractivity contribution is 7.21. The Morgan fingerprint density at radius 2 is 2.12 bits per heavy atom. The lowest BCUT2D eigenvalue weighted by Gasteiger charge is -2.03. The van der Waals surface area contributed by atoms with Crippen LogP contribution in [0.15, 0.2) is 59.5 Å². The topological polar surface area (TPSA) is 55.9 Å². The lowest BCUT2D eigenvalue weighted by Crippen LogP contribution is -2.15. The average molecular weight is 338 g/mol. The standard InChI is InChI=1S/C18H18N4OS/c1-2-5-17-15(4-1)21-18(24-17)16-7-6-14(23-16)12-19-8-3-10-22-11-9-20-13-22/h1-2,4-7,9,11,13,19H,3,8,10,12H2. The summed E-state index contributed by atoms with van der Waals surface area (Å²) in [4.78, 5) is 8.67. The Morgan fingerprint density at radius 3 is 3.00 bits per heavy atom. The Kier molecular flexibility index (Phi) is 4.40. The van der Waals surface area contributed by atoms with Gasteiger partial charge in [0.1, 0.15) is 5.76 Å². The van der Waals surface area contributed by atoms with E-state index in [1.54, 1.807) is 17.5 Å². The summed E-state index contributed by atoms with van der Waals surface area (Å²) in [6, 6.07) is 12.2. The molecule has 0 unspecified atom stereocenters. The van der Waals surface area contributed by atoms with Crippen LogP contribution in [0.1, 0.15) is 12.2 Å². The molecule has 6 heteroatoms. The first kappa shape index (κ1) is 15.1. The van der Waals surface area contributed by atoms with Crippen molar-refractivity contribution in [3.05, 3.63) is 60.9 Å². The van der Waals surface area contributed by atoms with Crippen LogP contribution in [-0.4, -0.2) is 21.1 Å². The second kappa shape index (κ2) is 6.98. The summed E-state index contributed by atoms with van der Waals surface area (Å²) < 4.78 is 9.19. The number of hydrogen-bond acceptors (Lipinski definition) is 5. The Balaban J connectivity index is 1.31. The van der Waals surface area contributed by atoms with Gasteiger partial charge in [0.05, 0.1) is 23.1 Å². The SMILES string of the molecule is c1ccc2sc(-c3ccc(CNCCCn4ccnc4)o3)nc2c1. The molecule has 0 radical (unpaired) electrons. The van der Waals surface area contributed by atoms with Crippen molar-refractivity contribution < 1.29 is 4.42 Å². The maximum absolute atomic E-state index is 5.92. The Hall–Kier alpha value is -2.44. The molecule has 0 fully saturated rings. The molecular weight excluding hydrogens is 320 g/mol. The molecule has 0 bridgehead atoms. The zero-order chi connectivity index (χ0) is 16.2. The van der Waals surface area contributed by atoms with Gasteiger partial charge in [-0.1, -0.05) is 12.1 Å². The van der Waals surface area contributed by atoms with Crippen LogP contribution in [0.3, 0.4) is 0 Å². The second-order valence-electron chi connectivity index (χ2n) is 5.58. The van der Waals surface area contributed by atoms with Gasteiger partial charge >= 0.3 is 0 Å². The van der Waals surface area contributed by atoms with Gasteiger partial charge in [-0.2, -0.15) is 0 Å². The summed E-state index contributed by atoms with van der Waals surface area (Å²) in [5.74, 6) is 1.78. The van der Waals surface area contributed by atoms with Gasteiger partial charge in [-0.05, 0) is 37.2 Å². The molecule has 0 aliphatic rings. The molecule has 4 aromatic rings. The van der Waals surface area contributed by atoms with E-state index in [2.05, 4.69) is 25.9 Å². The number of rotatable bonds is 7. The van der Waals surface area contributed by atoms with Crippen LogP contribution in [0.5, 0.6) is 0 Å². The van der Waals surface area contributed by atoms with Crippen LogP contribution in [0.4, 0.5) is 0 Å². The van der Waals surface area contributed by atoms with Gasteiger partial charge in [-0.25, -0.2) is 9.97 Å². The van der Waals surface area contributed by atoms with Crippen LogP contribution in [0, 0.1) is 0 Å². The molecule has 1 N–H and O–H groups in total. The van der Waals surface area contributed by atoms with E-state index in [0.717, 1.165) is 48.1 Å². The van der Waals surface area contributed by atoms with Crippen molar-refractivity contribution in [2.75, 3.05) is 6.54 Å². The van der Waals surface area contributed by atoms with E-state index < -0.39 is 0 Å². The Morgan fingerprint density at radius 1 is 1.17 bits per heavy atom. The molecule has 3 heterocycles. The van der Waals surface area contributed by atoms with Crippen molar-refractivity contribution in [2.45, 2.75) is 19.5 Å². The number of benzene rings is 1. The van der Waals surface area contributed by atoms with E-state index in [4.69, 9.17) is 4.42 Å². The molecule has 4 rings (SSSR count). The zero-order valence-corrected chi connectivity index (χ0v) is 14.0. The molecule has 1 aromatic carbocycles. The lowest BCUT2D eigenvalue weighted by molar-refractivity contribution is 0.484. The summed E-state index contributed by atoms with van der Waals surface area (Å²) in [5.41, 5.74) is 1.02. The highest BCUT2D eigenvalue weighted by atomic mass is 32.1. The van der Waals surface area contributed by atoms with Crippen molar-refractivity contribution >= 4 is 21.6 Å². The van der Waals surface area contributed by atoms with Gasteiger partial charge < -0.3 is 14.3 Å². The van der Waals surface area contributed by atoms with Crippen LogP contribution in [-0.2, 0) is 13.1 Å².